The highest BCUT2D eigenvalue weighted by atomic mass is 35.5. The van der Waals surface area contributed by atoms with E-state index < -0.39 is 61.8 Å². The summed E-state index contributed by atoms with van der Waals surface area (Å²) in [6.07, 6.45) is 0. The van der Waals surface area contributed by atoms with Gasteiger partial charge in [-0.1, -0.05) is 6.07 Å². The summed E-state index contributed by atoms with van der Waals surface area (Å²) in [7, 11) is -14.6. The van der Waals surface area contributed by atoms with E-state index in [-0.39, 0.29) is 39.7 Å². The van der Waals surface area contributed by atoms with Crippen molar-refractivity contribution < 1.29 is 44.0 Å². The second kappa shape index (κ2) is 12.6. The molecule has 5 aromatic rings. The van der Waals surface area contributed by atoms with Gasteiger partial charge in [0, 0.05) is 16.0 Å². The van der Waals surface area contributed by atoms with Crippen LogP contribution in [0.4, 0.5) is 34.6 Å². The Morgan fingerprint density at radius 3 is 1.98 bits per heavy atom. The summed E-state index contributed by atoms with van der Waals surface area (Å²) in [6.45, 7) is 0. The maximum atomic E-state index is 12.3. The minimum atomic E-state index is -5.10. The second-order valence-electron chi connectivity index (χ2n) is 9.31. The van der Waals surface area contributed by atoms with Gasteiger partial charge in [-0.15, -0.1) is 17.7 Å². The highest BCUT2D eigenvalue weighted by Gasteiger charge is 2.26. The van der Waals surface area contributed by atoms with Crippen molar-refractivity contribution in [3.63, 3.8) is 0 Å². The molecule has 0 bridgehead atoms. The van der Waals surface area contributed by atoms with Gasteiger partial charge in [0.2, 0.25) is 17.2 Å². The largest absolute Gasteiger partial charge is 0.505 e. The number of aromatic nitrogens is 3. The third kappa shape index (κ3) is 7.91. The maximum absolute atomic E-state index is 12.3. The summed E-state index contributed by atoms with van der Waals surface area (Å²) in [5.41, 5.74) is -0.744. The molecule has 0 unspecified atom stereocenters. The van der Waals surface area contributed by atoms with Crippen molar-refractivity contribution in [2.75, 3.05) is 10.6 Å². The van der Waals surface area contributed by atoms with Gasteiger partial charge < -0.3 is 15.7 Å². The quantitative estimate of drug-likeness (QED) is 0.0573. The molecule has 5 rings (SSSR count). The lowest BCUT2D eigenvalue weighted by Gasteiger charge is -2.15. The number of aromatic hydroxyl groups is 1. The third-order valence-electron chi connectivity index (χ3n) is 6.06. The number of halogens is 1. The zero-order valence-electron chi connectivity index (χ0n) is 22.9. The molecular formula is C25H18ClN7O10S4. The first kappa shape index (κ1) is 33.9. The molecule has 0 aliphatic rings. The maximum Gasteiger partial charge on any atom is 0.296 e. The van der Waals surface area contributed by atoms with Crippen LogP contribution in [0.2, 0.25) is 5.28 Å². The molecule has 244 valence electrons. The fourth-order valence-electron chi connectivity index (χ4n) is 4.07. The van der Waals surface area contributed by atoms with Gasteiger partial charge in [-0.25, -0.2) is 0 Å². The first-order chi connectivity index (χ1) is 21.9. The molecule has 0 fully saturated rings. The first-order valence-corrected chi connectivity index (χ1v) is 17.6. The normalized spacial score (nSPS) is 12.4. The summed E-state index contributed by atoms with van der Waals surface area (Å²) in [5.74, 6) is -1.55. The molecular weight excluding hydrogens is 722 g/mol. The molecule has 1 heterocycles. The van der Waals surface area contributed by atoms with Crippen LogP contribution in [-0.2, 0) is 30.4 Å². The summed E-state index contributed by atoms with van der Waals surface area (Å²) >= 11 is 10.2. The van der Waals surface area contributed by atoms with Crippen molar-refractivity contribution in [1.29, 1.82) is 0 Å². The van der Waals surface area contributed by atoms with Crippen LogP contribution in [-0.4, -0.2) is 59.0 Å². The molecule has 17 nitrogen and oxygen atoms in total. The van der Waals surface area contributed by atoms with Crippen LogP contribution in [0.25, 0.3) is 10.8 Å². The van der Waals surface area contributed by atoms with Crippen molar-refractivity contribution in [2.45, 2.75) is 19.6 Å². The van der Waals surface area contributed by atoms with E-state index in [2.05, 4.69) is 48.4 Å². The Morgan fingerprint density at radius 2 is 1.36 bits per heavy atom. The minimum Gasteiger partial charge on any atom is -0.505 e. The van der Waals surface area contributed by atoms with Gasteiger partial charge in [-0.05, 0) is 77.7 Å². The third-order valence-corrected chi connectivity index (χ3v) is 9.07. The number of phenolic OH excluding ortho intramolecular Hbond substituents is 1. The Bertz CT molecular complexity index is 2430. The van der Waals surface area contributed by atoms with Crippen LogP contribution in [0.5, 0.6) is 5.75 Å². The summed E-state index contributed by atoms with van der Waals surface area (Å²) in [5, 5.41) is 23.3. The Kier molecular flexibility index (Phi) is 9.09. The van der Waals surface area contributed by atoms with Gasteiger partial charge >= 0.3 is 0 Å². The summed E-state index contributed by atoms with van der Waals surface area (Å²) < 4.78 is 101. The van der Waals surface area contributed by atoms with Crippen LogP contribution in [0.1, 0.15) is 0 Å². The zero-order valence-corrected chi connectivity index (χ0v) is 27.0. The lowest BCUT2D eigenvalue weighted by molar-refractivity contribution is 0.472. The van der Waals surface area contributed by atoms with Crippen molar-refractivity contribution in [1.82, 2.24) is 15.0 Å². The monoisotopic (exact) mass is 739 g/mol. The number of azo groups is 1. The lowest BCUT2D eigenvalue weighted by atomic mass is 10.1. The van der Waals surface area contributed by atoms with Gasteiger partial charge in [-0.3, -0.25) is 13.7 Å². The van der Waals surface area contributed by atoms with Crippen LogP contribution < -0.4 is 10.6 Å². The molecule has 1 aromatic heterocycles. The average molecular weight is 740 g/mol. The topological polar surface area (TPSA) is 271 Å². The van der Waals surface area contributed by atoms with Crippen LogP contribution in [0, 0.1) is 0 Å². The number of fused-ring (bicyclic) bond motifs is 1. The van der Waals surface area contributed by atoms with Gasteiger partial charge in [-0.2, -0.15) is 45.3 Å². The van der Waals surface area contributed by atoms with E-state index in [1.165, 1.54) is 24.3 Å². The number of hydrogen-bond acceptors (Lipinski definition) is 15. The number of phenols is 1. The van der Waals surface area contributed by atoms with E-state index in [0.717, 1.165) is 30.3 Å². The molecule has 0 radical (unpaired) electrons. The van der Waals surface area contributed by atoms with E-state index in [9.17, 15) is 44.0 Å². The van der Waals surface area contributed by atoms with Crippen LogP contribution in [0.15, 0.2) is 96.5 Å². The molecule has 0 aliphatic heterocycles. The van der Waals surface area contributed by atoms with Gasteiger partial charge in [0.25, 0.3) is 30.4 Å². The van der Waals surface area contributed by atoms with E-state index in [4.69, 9.17) is 11.6 Å². The SMILES string of the molecule is O=S(=O)(O)c1cccc(Nc2nc(Cl)nc(Nc3cc(S(=O)(=O)O)cc4cc(S(=O)(=O)O)c(N=Nc5ccc(S)cc5)c(O)c34)n2)c1. The molecule has 0 saturated heterocycles. The molecule has 47 heavy (non-hydrogen) atoms. The smallest absolute Gasteiger partial charge is 0.296 e. The Balaban J connectivity index is 1.67. The number of anilines is 4. The fraction of sp³-hybridized carbons (Fsp3) is 0. The predicted octanol–water partition coefficient (Wildman–Crippen LogP) is 5.32. The second-order valence-corrected chi connectivity index (χ2v) is 14.4. The minimum absolute atomic E-state index is 0.0987. The van der Waals surface area contributed by atoms with E-state index in [1.54, 1.807) is 12.1 Å². The van der Waals surface area contributed by atoms with Crippen molar-refractivity contribution in [2.24, 2.45) is 10.2 Å². The lowest BCUT2D eigenvalue weighted by Crippen LogP contribution is -2.06. The molecule has 6 N–H and O–H groups in total. The standard InChI is InChI=1S/C25H18ClN7O10S4/c26-23-29-24(27-14-2-1-3-16(10-14)45(35,36)37)31-25(30-23)28-18-11-17(46(38,39)40)8-12-9-19(47(41,42)43)21(22(34)20(12)18)33-32-13-4-6-15(44)7-5-13/h1-11,34,44H,(H,35,36,37)(H,38,39,40)(H,41,42,43)(H2,27,28,29,30,31). The number of nitrogens with zero attached hydrogens (tertiary/aromatic N) is 5. The molecule has 0 amide bonds. The van der Waals surface area contributed by atoms with Crippen LogP contribution >= 0.6 is 24.2 Å². The zero-order chi connectivity index (χ0) is 34.3. The van der Waals surface area contributed by atoms with Gasteiger partial charge in [0.1, 0.15) is 10.6 Å². The van der Waals surface area contributed by atoms with E-state index in [0.29, 0.717) is 4.90 Å². The Hall–Kier alpha value is -4.48. The molecule has 0 aliphatic carbocycles. The average Bonchev–Trinajstić information content (AvgIpc) is 2.95. The molecule has 0 saturated carbocycles. The van der Waals surface area contributed by atoms with Crippen LogP contribution in [0.3, 0.4) is 0 Å². The number of hydrogen-bond donors (Lipinski definition) is 7. The van der Waals surface area contributed by atoms with Gasteiger partial charge in [0.05, 0.1) is 21.2 Å². The Morgan fingerprint density at radius 1 is 0.723 bits per heavy atom. The van der Waals surface area contributed by atoms with Crippen molar-refractivity contribution in [3.05, 3.63) is 72.0 Å². The number of rotatable bonds is 9. The highest BCUT2D eigenvalue weighted by Crippen LogP contribution is 2.45. The summed E-state index contributed by atoms with van der Waals surface area (Å²) in [6, 6.07) is 13.5. The first-order valence-electron chi connectivity index (χ1n) is 12.4. The van der Waals surface area contributed by atoms with Crippen molar-refractivity contribution >= 4 is 100 Å². The fourth-order valence-corrected chi connectivity index (χ4v) is 6.11. The number of nitrogens with one attached hydrogen (secondary N) is 2. The Labute approximate surface area is 276 Å². The molecule has 4 aromatic carbocycles. The van der Waals surface area contributed by atoms with Gasteiger partial charge in [0.15, 0.2) is 5.75 Å². The summed E-state index contributed by atoms with van der Waals surface area (Å²) in [4.78, 5) is 10.3. The molecule has 22 heteroatoms. The highest BCUT2D eigenvalue weighted by molar-refractivity contribution is 7.86. The van der Waals surface area contributed by atoms with E-state index in [1.807, 2.05) is 0 Å². The van der Waals surface area contributed by atoms with Crippen molar-refractivity contribution in [3.8, 4) is 5.75 Å². The molecule has 0 atom stereocenters. The molecule has 0 spiro atoms. The number of benzene rings is 4. The number of thiol groups is 1. The predicted molar refractivity (Wildman–Crippen MR) is 171 cm³/mol. The van der Waals surface area contributed by atoms with E-state index >= 15 is 0 Å².